The Balaban J connectivity index is 1.39. The van der Waals surface area contributed by atoms with Crippen molar-refractivity contribution in [2.24, 2.45) is 0 Å². The van der Waals surface area contributed by atoms with Crippen LogP contribution < -0.4 is 15.0 Å². The summed E-state index contributed by atoms with van der Waals surface area (Å²) in [6.07, 6.45) is 2.14. The van der Waals surface area contributed by atoms with Crippen LogP contribution in [0.3, 0.4) is 0 Å². The molecular weight excluding hydrogens is 474 g/mol. The van der Waals surface area contributed by atoms with Gasteiger partial charge in [0.25, 0.3) is 5.56 Å². The second-order valence-corrected chi connectivity index (χ2v) is 9.49. The highest BCUT2D eigenvalue weighted by molar-refractivity contribution is 7.22. The number of ketones is 1. The molecule has 9 heteroatoms. The second-order valence-electron chi connectivity index (χ2n) is 8.00. The maximum atomic E-state index is 13.3. The van der Waals surface area contributed by atoms with Crippen molar-refractivity contribution in [1.29, 1.82) is 0 Å². The summed E-state index contributed by atoms with van der Waals surface area (Å²) in [5.74, 6) is 1.37. The first-order chi connectivity index (χ1) is 16.5. The van der Waals surface area contributed by atoms with Crippen LogP contribution in [0.15, 0.2) is 59.7 Å². The third-order valence-electron chi connectivity index (χ3n) is 5.76. The molecule has 3 heterocycles. The van der Waals surface area contributed by atoms with E-state index in [1.807, 2.05) is 30.3 Å². The Morgan fingerprint density at radius 1 is 1.09 bits per heavy atom. The lowest BCUT2D eigenvalue weighted by Crippen LogP contribution is -2.26. The molecule has 0 saturated carbocycles. The molecule has 7 nitrogen and oxygen atoms in total. The first-order valence-corrected chi connectivity index (χ1v) is 12.0. The van der Waals surface area contributed by atoms with E-state index in [0.717, 1.165) is 17.0 Å². The van der Waals surface area contributed by atoms with Gasteiger partial charge < -0.3 is 9.47 Å². The number of halogens is 1. The predicted octanol–water partition coefficient (Wildman–Crippen LogP) is 4.43. The summed E-state index contributed by atoms with van der Waals surface area (Å²) < 4.78 is 13.5. The number of hydrogen-bond donors (Lipinski definition) is 0. The summed E-state index contributed by atoms with van der Waals surface area (Å²) in [4.78, 5) is 32.2. The summed E-state index contributed by atoms with van der Waals surface area (Å²) in [7, 11) is 1.56. The molecule has 1 aliphatic rings. The van der Waals surface area contributed by atoms with Crippen LogP contribution in [-0.4, -0.2) is 53.6 Å². The van der Waals surface area contributed by atoms with E-state index >= 15 is 0 Å². The lowest BCUT2D eigenvalue weighted by Gasteiger charge is -2.16. The minimum absolute atomic E-state index is 0.148. The van der Waals surface area contributed by atoms with Crippen molar-refractivity contribution in [2.75, 3.05) is 33.4 Å². The number of thiophene rings is 1. The molecule has 0 N–H and O–H groups in total. The van der Waals surface area contributed by atoms with Crippen molar-refractivity contribution in [3.8, 4) is 27.6 Å². The number of carbonyl (C=O) groups excluding carboxylic acids is 1. The van der Waals surface area contributed by atoms with E-state index in [1.165, 1.54) is 22.2 Å². The first kappa shape index (κ1) is 22.6. The highest BCUT2D eigenvalue weighted by Gasteiger charge is 2.19. The quantitative estimate of drug-likeness (QED) is 0.377. The van der Waals surface area contributed by atoms with Gasteiger partial charge in [-0.3, -0.25) is 19.1 Å². The van der Waals surface area contributed by atoms with E-state index in [0.29, 0.717) is 58.5 Å². The minimum atomic E-state index is -0.148. The number of Topliss-reactive ketones (excluding diaryl/α,β-unsaturated/α-hetero) is 1. The number of nitrogens with zero attached hydrogens (tertiary/aromatic N) is 3. The van der Waals surface area contributed by atoms with Crippen LogP contribution in [0.5, 0.6) is 11.5 Å². The monoisotopic (exact) mass is 495 g/mol. The van der Waals surface area contributed by atoms with Crippen LogP contribution in [0.4, 0.5) is 0 Å². The Kier molecular flexibility index (Phi) is 6.36. The van der Waals surface area contributed by atoms with Crippen molar-refractivity contribution < 1.29 is 14.3 Å². The molecule has 0 aliphatic carbocycles. The van der Waals surface area contributed by atoms with Gasteiger partial charge in [0.15, 0.2) is 11.5 Å². The van der Waals surface area contributed by atoms with Gasteiger partial charge in [-0.05, 0) is 35.9 Å². The number of aromatic nitrogens is 2. The van der Waals surface area contributed by atoms with Gasteiger partial charge in [0.1, 0.15) is 23.4 Å². The Morgan fingerprint density at radius 2 is 1.91 bits per heavy atom. The van der Waals surface area contributed by atoms with Crippen molar-refractivity contribution in [1.82, 2.24) is 14.5 Å². The Morgan fingerprint density at radius 3 is 2.65 bits per heavy atom. The molecule has 0 unspecified atom stereocenters. The van der Waals surface area contributed by atoms with E-state index in [-0.39, 0.29) is 11.3 Å². The zero-order valence-corrected chi connectivity index (χ0v) is 20.1. The molecule has 1 saturated heterocycles. The van der Waals surface area contributed by atoms with Crippen LogP contribution >= 0.6 is 22.9 Å². The van der Waals surface area contributed by atoms with E-state index in [9.17, 15) is 9.59 Å². The zero-order valence-electron chi connectivity index (χ0n) is 18.5. The van der Waals surface area contributed by atoms with Crippen molar-refractivity contribution in [2.45, 2.75) is 6.42 Å². The summed E-state index contributed by atoms with van der Waals surface area (Å²) in [6, 6.07) is 14.8. The third-order valence-corrected chi connectivity index (χ3v) is 7.18. The summed E-state index contributed by atoms with van der Waals surface area (Å²) in [6.45, 7) is 2.38. The van der Waals surface area contributed by atoms with E-state index in [1.54, 1.807) is 25.3 Å². The SMILES string of the molecule is COc1cc(-n2cnc3cc(-c4ccc(Cl)cc4)sc3c2=O)ccc1OCCN1CCC(=O)C1. The Labute approximate surface area is 205 Å². The smallest absolute Gasteiger partial charge is 0.275 e. The maximum absolute atomic E-state index is 13.3. The molecule has 0 spiro atoms. The van der Waals surface area contributed by atoms with E-state index in [4.69, 9.17) is 21.1 Å². The van der Waals surface area contributed by atoms with Gasteiger partial charge in [-0.15, -0.1) is 11.3 Å². The summed E-state index contributed by atoms with van der Waals surface area (Å²) in [5, 5.41) is 0.665. The lowest BCUT2D eigenvalue weighted by atomic mass is 10.2. The molecule has 1 aliphatic heterocycles. The first-order valence-electron chi connectivity index (χ1n) is 10.8. The molecule has 174 valence electrons. The number of carbonyl (C=O) groups is 1. The fraction of sp³-hybridized carbons (Fsp3) is 0.240. The molecule has 34 heavy (non-hydrogen) atoms. The van der Waals surface area contributed by atoms with E-state index in [2.05, 4.69) is 9.88 Å². The normalized spacial score (nSPS) is 14.1. The lowest BCUT2D eigenvalue weighted by molar-refractivity contribution is -0.116. The van der Waals surface area contributed by atoms with Crippen molar-refractivity contribution >= 4 is 38.9 Å². The molecule has 0 atom stereocenters. The predicted molar refractivity (Wildman–Crippen MR) is 134 cm³/mol. The average molecular weight is 496 g/mol. The fourth-order valence-electron chi connectivity index (χ4n) is 3.94. The standard InChI is InChI=1S/C25H22ClN3O4S/c1-32-22-12-18(6-7-21(22)33-11-10-28-9-8-19(30)14-28)29-15-27-20-13-23(34-24(20)25(29)31)16-2-4-17(26)5-3-16/h2-7,12-13,15H,8-11,14H2,1H3. The largest absolute Gasteiger partial charge is 0.493 e. The van der Waals surface area contributed by atoms with Crippen LogP contribution in [-0.2, 0) is 4.79 Å². The van der Waals surface area contributed by atoms with Crippen LogP contribution in [0, 0.1) is 0 Å². The maximum Gasteiger partial charge on any atom is 0.275 e. The average Bonchev–Trinajstić information content (AvgIpc) is 3.47. The van der Waals surface area contributed by atoms with Gasteiger partial charge in [0, 0.05) is 35.5 Å². The number of benzene rings is 2. The van der Waals surface area contributed by atoms with Gasteiger partial charge >= 0.3 is 0 Å². The highest BCUT2D eigenvalue weighted by Crippen LogP contribution is 2.33. The molecule has 4 aromatic rings. The van der Waals surface area contributed by atoms with Gasteiger partial charge in [-0.25, -0.2) is 4.98 Å². The van der Waals surface area contributed by atoms with Crippen LogP contribution in [0.1, 0.15) is 6.42 Å². The zero-order chi connectivity index (χ0) is 23.7. The number of rotatable bonds is 7. The number of ether oxygens (including phenoxy) is 2. The van der Waals surface area contributed by atoms with Gasteiger partial charge in [-0.2, -0.15) is 0 Å². The van der Waals surface area contributed by atoms with Gasteiger partial charge in [-0.1, -0.05) is 23.7 Å². The molecule has 0 bridgehead atoms. The van der Waals surface area contributed by atoms with Crippen molar-refractivity contribution in [3.63, 3.8) is 0 Å². The molecule has 1 fully saturated rings. The molecule has 0 radical (unpaired) electrons. The van der Waals surface area contributed by atoms with Gasteiger partial charge in [0.05, 0.1) is 24.9 Å². The topological polar surface area (TPSA) is 73.7 Å². The Hall–Kier alpha value is -3.20. The molecule has 0 amide bonds. The molecule has 2 aromatic carbocycles. The summed E-state index contributed by atoms with van der Waals surface area (Å²) in [5.41, 5.74) is 2.13. The fourth-order valence-corrected chi connectivity index (χ4v) is 5.12. The molecule has 5 rings (SSSR count). The highest BCUT2D eigenvalue weighted by atomic mass is 35.5. The number of hydrogen-bond acceptors (Lipinski definition) is 7. The number of methoxy groups -OCH3 is 1. The molecule has 2 aromatic heterocycles. The summed E-state index contributed by atoms with van der Waals surface area (Å²) >= 11 is 7.40. The van der Waals surface area contributed by atoms with Gasteiger partial charge in [0.2, 0.25) is 0 Å². The number of fused-ring (bicyclic) bond motifs is 1. The Bertz CT molecular complexity index is 1410. The minimum Gasteiger partial charge on any atom is -0.493 e. The number of likely N-dealkylation sites (tertiary alicyclic amines) is 1. The third kappa shape index (κ3) is 4.57. The molecular formula is C25H22ClN3O4S. The van der Waals surface area contributed by atoms with Crippen molar-refractivity contribution in [3.05, 3.63) is 70.2 Å². The van der Waals surface area contributed by atoms with Crippen LogP contribution in [0.25, 0.3) is 26.3 Å². The van der Waals surface area contributed by atoms with Crippen LogP contribution in [0.2, 0.25) is 5.02 Å². The van der Waals surface area contributed by atoms with E-state index < -0.39 is 0 Å². The second kappa shape index (κ2) is 9.58.